The van der Waals surface area contributed by atoms with E-state index in [1.807, 2.05) is 39.3 Å². The topological polar surface area (TPSA) is 59.8 Å². The Morgan fingerprint density at radius 2 is 1.64 bits per heavy atom. The highest BCUT2D eigenvalue weighted by Gasteiger charge is 2.23. The van der Waals surface area contributed by atoms with Crippen LogP contribution in [0.5, 0.6) is 0 Å². The van der Waals surface area contributed by atoms with Crippen LogP contribution in [0.25, 0.3) is 11.0 Å². The highest BCUT2D eigenvalue weighted by Crippen LogP contribution is 2.29. The lowest BCUT2D eigenvalue weighted by atomic mass is 9.98. The second-order valence-corrected chi connectivity index (χ2v) is 8.97. The quantitative estimate of drug-likeness (QED) is 0.917. The van der Waals surface area contributed by atoms with Gasteiger partial charge in [0.2, 0.25) is 5.91 Å². The van der Waals surface area contributed by atoms with Crippen molar-refractivity contribution in [1.82, 2.24) is 20.1 Å². The van der Waals surface area contributed by atoms with Crippen molar-refractivity contribution < 1.29 is 4.79 Å². The standard InChI is InChI=1S/C20H32N4O/c1-12-15(10-11-16(25)22-19(4,5)6)13(2)21-18-17(12)14(3)23-24(18)20(7,8)9/h10-11H2,1-9H3,(H,22,25). The van der Waals surface area contributed by atoms with E-state index >= 15 is 0 Å². The molecule has 0 radical (unpaired) electrons. The summed E-state index contributed by atoms with van der Waals surface area (Å²) >= 11 is 0. The number of aryl methyl sites for hydroxylation is 3. The van der Waals surface area contributed by atoms with Crippen LogP contribution in [-0.4, -0.2) is 26.2 Å². The van der Waals surface area contributed by atoms with E-state index in [1.54, 1.807) is 0 Å². The molecule has 0 aliphatic rings. The van der Waals surface area contributed by atoms with Gasteiger partial charge in [-0.15, -0.1) is 0 Å². The Bertz CT molecular complexity index is 804. The Hall–Kier alpha value is -1.91. The summed E-state index contributed by atoms with van der Waals surface area (Å²) in [5.41, 5.74) is 4.95. The summed E-state index contributed by atoms with van der Waals surface area (Å²) in [5, 5.41) is 8.87. The Kier molecular flexibility index (Phi) is 4.99. The fraction of sp³-hybridized carbons (Fsp3) is 0.650. The van der Waals surface area contributed by atoms with Crippen LogP contribution in [-0.2, 0) is 16.8 Å². The number of nitrogens with one attached hydrogen (secondary N) is 1. The van der Waals surface area contributed by atoms with Crippen LogP contribution >= 0.6 is 0 Å². The van der Waals surface area contributed by atoms with E-state index in [1.165, 1.54) is 5.56 Å². The smallest absolute Gasteiger partial charge is 0.220 e. The first-order valence-electron chi connectivity index (χ1n) is 8.98. The van der Waals surface area contributed by atoms with Gasteiger partial charge in [-0.2, -0.15) is 5.10 Å². The molecule has 5 nitrogen and oxygen atoms in total. The van der Waals surface area contributed by atoms with Crippen LogP contribution in [0.1, 0.15) is 70.5 Å². The molecule has 25 heavy (non-hydrogen) atoms. The lowest BCUT2D eigenvalue weighted by Gasteiger charge is -2.21. The second-order valence-electron chi connectivity index (χ2n) is 8.97. The second kappa shape index (κ2) is 6.43. The molecule has 2 heterocycles. The van der Waals surface area contributed by atoms with Gasteiger partial charge in [0.1, 0.15) is 0 Å². The summed E-state index contributed by atoms with van der Waals surface area (Å²) in [6.45, 7) is 18.6. The van der Waals surface area contributed by atoms with Crippen molar-refractivity contribution in [3.63, 3.8) is 0 Å². The third kappa shape index (κ3) is 4.20. The van der Waals surface area contributed by atoms with Crippen molar-refractivity contribution in [3.8, 4) is 0 Å². The van der Waals surface area contributed by atoms with E-state index in [9.17, 15) is 4.79 Å². The normalized spacial score (nSPS) is 12.7. The summed E-state index contributed by atoms with van der Waals surface area (Å²) in [6.07, 6.45) is 1.17. The zero-order valence-electron chi connectivity index (χ0n) is 17.2. The molecule has 0 spiro atoms. The molecule has 0 aliphatic carbocycles. The van der Waals surface area contributed by atoms with Gasteiger partial charge >= 0.3 is 0 Å². The molecule has 0 unspecified atom stereocenters. The lowest BCUT2D eigenvalue weighted by Crippen LogP contribution is -2.40. The number of amides is 1. The minimum atomic E-state index is -0.201. The average molecular weight is 345 g/mol. The predicted molar refractivity (Wildman–Crippen MR) is 103 cm³/mol. The Morgan fingerprint density at radius 3 is 2.16 bits per heavy atom. The fourth-order valence-electron chi connectivity index (χ4n) is 3.26. The Morgan fingerprint density at radius 1 is 1.04 bits per heavy atom. The summed E-state index contributed by atoms with van der Waals surface area (Å²) in [6, 6.07) is 0. The first-order chi connectivity index (χ1) is 11.3. The van der Waals surface area contributed by atoms with E-state index in [4.69, 9.17) is 10.1 Å². The van der Waals surface area contributed by atoms with Crippen molar-refractivity contribution in [2.75, 3.05) is 0 Å². The molecule has 1 amide bonds. The number of aromatic nitrogens is 3. The maximum absolute atomic E-state index is 12.2. The highest BCUT2D eigenvalue weighted by atomic mass is 16.1. The largest absolute Gasteiger partial charge is 0.351 e. The molecule has 0 saturated heterocycles. The van der Waals surface area contributed by atoms with Gasteiger partial charge in [0, 0.05) is 23.0 Å². The van der Waals surface area contributed by atoms with E-state index < -0.39 is 0 Å². The van der Waals surface area contributed by atoms with Crippen LogP contribution in [0.3, 0.4) is 0 Å². The van der Waals surface area contributed by atoms with Crippen LogP contribution in [0.15, 0.2) is 0 Å². The third-order valence-corrected chi connectivity index (χ3v) is 4.33. The van der Waals surface area contributed by atoms with Gasteiger partial charge in [-0.3, -0.25) is 4.79 Å². The van der Waals surface area contributed by atoms with E-state index in [2.05, 4.69) is 33.0 Å². The summed E-state index contributed by atoms with van der Waals surface area (Å²) in [7, 11) is 0. The molecule has 0 bridgehead atoms. The van der Waals surface area contributed by atoms with Gasteiger partial charge in [0.15, 0.2) is 5.65 Å². The number of rotatable bonds is 3. The number of carbonyl (C=O) groups is 1. The van der Waals surface area contributed by atoms with Crippen LogP contribution in [0.2, 0.25) is 0 Å². The minimum absolute atomic E-state index is 0.0773. The average Bonchev–Trinajstić information content (AvgIpc) is 2.73. The summed E-state index contributed by atoms with van der Waals surface area (Å²) in [5.74, 6) is 0.0773. The van der Waals surface area contributed by atoms with Crippen LogP contribution < -0.4 is 5.32 Å². The highest BCUT2D eigenvalue weighted by molar-refractivity contribution is 5.84. The van der Waals surface area contributed by atoms with E-state index in [0.717, 1.165) is 28.0 Å². The summed E-state index contributed by atoms with van der Waals surface area (Å²) < 4.78 is 2.01. The minimum Gasteiger partial charge on any atom is -0.351 e. The zero-order chi connectivity index (χ0) is 19.2. The molecule has 2 rings (SSSR count). The van der Waals surface area contributed by atoms with Gasteiger partial charge in [-0.1, -0.05) is 0 Å². The van der Waals surface area contributed by atoms with Crippen molar-refractivity contribution >= 4 is 16.9 Å². The Labute approximate surface area is 151 Å². The van der Waals surface area contributed by atoms with E-state index in [0.29, 0.717) is 12.8 Å². The third-order valence-electron chi connectivity index (χ3n) is 4.33. The van der Waals surface area contributed by atoms with Gasteiger partial charge in [-0.25, -0.2) is 9.67 Å². The SMILES string of the molecule is Cc1nc2c(c(C)nn2C(C)(C)C)c(C)c1CCC(=O)NC(C)(C)C. The molecular weight excluding hydrogens is 312 g/mol. The molecule has 5 heteroatoms. The monoisotopic (exact) mass is 344 g/mol. The molecule has 2 aromatic rings. The first-order valence-corrected chi connectivity index (χ1v) is 8.98. The maximum atomic E-state index is 12.2. The maximum Gasteiger partial charge on any atom is 0.220 e. The fourth-order valence-corrected chi connectivity index (χ4v) is 3.26. The van der Waals surface area contributed by atoms with Gasteiger partial charge < -0.3 is 5.32 Å². The van der Waals surface area contributed by atoms with E-state index in [-0.39, 0.29) is 17.0 Å². The summed E-state index contributed by atoms with van der Waals surface area (Å²) in [4.78, 5) is 17.0. The molecule has 0 atom stereocenters. The lowest BCUT2D eigenvalue weighted by molar-refractivity contribution is -0.122. The van der Waals surface area contributed by atoms with Crippen LogP contribution in [0.4, 0.5) is 0 Å². The van der Waals surface area contributed by atoms with Crippen LogP contribution in [0, 0.1) is 20.8 Å². The van der Waals surface area contributed by atoms with Gasteiger partial charge in [0.05, 0.1) is 11.2 Å². The number of nitrogens with zero attached hydrogens (tertiary/aromatic N) is 3. The number of hydrogen-bond donors (Lipinski definition) is 1. The molecule has 0 aromatic carbocycles. The van der Waals surface area contributed by atoms with Crippen molar-refractivity contribution in [2.45, 2.75) is 86.2 Å². The molecular formula is C20H32N4O. The van der Waals surface area contributed by atoms with Crippen molar-refractivity contribution in [2.24, 2.45) is 0 Å². The predicted octanol–water partition coefficient (Wildman–Crippen LogP) is 3.96. The molecule has 0 saturated carbocycles. The molecule has 2 aromatic heterocycles. The van der Waals surface area contributed by atoms with Gasteiger partial charge in [-0.05, 0) is 79.9 Å². The zero-order valence-corrected chi connectivity index (χ0v) is 17.2. The van der Waals surface area contributed by atoms with Crippen molar-refractivity contribution in [1.29, 1.82) is 0 Å². The molecule has 138 valence electrons. The molecule has 1 N–H and O–H groups in total. The molecule has 0 fully saturated rings. The first kappa shape index (κ1) is 19.4. The number of carbonyl (C=O) groups excluding carboxylic acids is 1. The molecule has 0 aliphatic heterocycles. The van der Waals surface area contributed by atoms with Gasteiger partial charge in [0.25, 0.3) is 0 Å². The Balaban J connectivity index is 2.40. The number of pyridine rings is 1. The van der Waals surface area contributed by atoms with Crippen molar-refractivity contribution in [3.05, 3.63) is 22.5 Å². The number of hydrogen-bond acceptors (Lipinski definition) is 3. The number of fused-ring (bicyclic) bond motifs is 1.